The summed E-state index contributed by atoms with van der Waals surface area (Å²) in [6.07, 6.45) is 4.76. The summed E-state index contributed by atoms with van der Waals surface area (Å²) in [5, 5.41) is 0. The normalized spacial score (nSPS) is 27.5. The molecule has 22 heavy (non-hydrogen) atoms. The lowest BCUT2D eigenvalue weighted by atomic mass is 9.74. The lowest BCUT2D eigenvalue weighted by Gasteiger charge is -2.34. The van der Waals surface area contributed by atoms with Gasteiger partial charge >= 0.3 is 0 Å². The molecule has 2 saturated heterocycles. The van der Waals surface area contributed by atoms with Crippen molar-refractivity contribution in [1.82, 2.24) is 9.88 Å². The maximum absolute atomic E-state index is 12.7. The van der Waals surface area contributed by atoms with Gasteiger partial charge in [0.2, 0.25) is 5.91 Å². The van der Waals surface area contributed by atoms with E-state index in [0.717, 1.165) is 12.0 Å². The number of pyridine rings is 1. The van der Waals surface area contributed by atoms with Crippen LogP contribution in [0.15, 0.2) is 18.5 Å². The fraction of sp³-hybridized carbons (Fsp3) is 0.562. The summed E-state index contributed by atoms with van der Waals surface area (Å²) in [5.74, 6) is -0.417. The van der Waals surface area contributed by atoms with Crippen LogP contribution >= 0.6 is 0 Å². The molecule has 1 aromatic rings. The molecule has 3 rings (SSSR count). The van der Waals surface area contributed by atoms with Crippen LogP contribution in [-0.2, 0) is 16.0 Å². The van der Waals surface area contributed by atoms with Crippen molar-refractivity contribution < 1.29 is 14.3 Å². The van der Waals surface area contributed by atoms with Crippen LogP contribution in [0.4, 0.5) is 0 Å². The number of ether oxygens (including phenoxy) is 1. The fourth-order valence-corrected chi connectivity index (χ4v) is 3.49. The molecule has 2 fully saturated rings. The van der Waals surface area contributed by atoms with E-state index in [1.807, 2.05) is 13.0 Å². The van der Waals surface area contributed by atoms with E-state index >= 15 is 0 Å². The van der Waals surface area contributed by atoms with Crippen molar-refractivity contribution in [2.75, 3.05) is 26.3 Å². The standard InChI is InChI=1S/C16H21N3O3/c1-2-11-5-12(7-18-6-11)14(20)19-8-13-9-22-4-3-16(13,10-19)15(17)21/h5-7,13H,2-4,8-10H2,1H3,(H2,17,21)/t13-,16+/m1/s1. The molecular formula is C16H21N3O3. The summed E-state index contributed by atoms with van der Waals surface area (Å²) in [5.41, 5.74) is 6.60. The highest BCUT2D eigenvalue weighted by atomic mass is 16.5. The van der Waals surface area contributed by atoms with Crippen LogP contribution in [0.3, 0.4) is 0 Å². The number of aryl methyl sites for hydroxylation is 1. The van der Waals surface area contributed by atoms with Crippen LogP contribution in [-0.4, -0.2) is 48.0 Å². The topological polar surface area (TPSA) is 85.5 Å². The van der Waals surface area contributed by atoms with Crippen LogP contribution in [0.1, 0.15) is 29.3 Å². The van der Waals surface area contributed by atoms with Crippen LogP contribution < -0.4 is 5.73 Å². The van der Waals surface area contributed by atoms with Gasteiger partial charge in [0, 0.05) is 38.0 Å². The van der Waals surface area contributed by atoms with Gasteiger partial charge in [-0.05, 0) is 24.5 Å². The average Bonchev–Trinajstić information content (AvgIpc) is 2.95. The van der Waals surface area contributed by atoms with Gasteiger partial charge in [0.25, 0.3) is 5.91 Å². The number of fused-ring (bicyclic) bond motifs is 1. The van der Waals surface area contributed by atoms with Gasteiger partial charge in [0.05, 0.1) is 17.6 Å². The molecule has 2 aliphatic heterocycles. The van der Waals surface area contributed by atoms with Crippen LogP contribution in [0, 0.1) is 11.3 Å². The molecule has 0 radical (unpaired) electrons. The minimum absolute atomic E-state index is 0.00924. The molecule has 0 spiro atoms. The van der Waals surface area contributed by atoms with Crippen molar-refractivity contribution in [1.29, 1.82) is 0 Å². The van der Waals surface area contributed by atoms with Crippen molar-refractivity contribution in [2.24, 2.45) is 17.1 Å². The first-order valence-electron chi connectivity index (χ1n) is 7.67. The molecule has 2 N–H and O–H groups in total. The average molecular weight is 303 g/mol. The van der Waals surface area contributed by atoms with E-state index in [1.54, 1.807) is 17.3 Å². The van der Waals surface area contributed by atoms with Gasteiger partial charge in [-0.3, -0.25) is 14.6 Å². The molecule has 2 aliphatic rings. The van der Waals surface area contributed by atoms with Crippen LogP contribution in [0.2, 0.25) is 0 Å². The Morgan fingerprint density at radius 3 is 3.00 bits per heavy atom. The van der Waals surface area contributed by atoms with Gasteiger partial charge in [0.15, 0.2) is 0 Å². The Hall–Kier alpha value is -1.95. The van der Waals surface area contributed by atoms with Crippen molar-refractivity contribution in [2.45, 2.75) is 19.8 Å². The van der Waals surface area contributed by atoms with E-state index in [2.05, 4.69) is 4.98 Å². The second-order valence-corrected chi connectivity index (χ2v) is 6.16. The van der Waals surface area contributed by atoms with Gasteiger partial charge in [0.1, 0.15) is 0 Å². The second kappa shape index (κ2) is 5.68. The zero-order valence-corrected chi connectivity index (χ0v) is 12.7. The van der Waals surface area contributed by atoms with E-state index < -0.39 is 5.41 Å². The predicted molar refractivity (Wildman–Crippen MR) is 80.1 cm³/mol. The number of nitrogens with zero attached hydrogens (tertiary/aromatic N) is 2. The Morgan fingerprint density at radius 1 is 1.50 bits per heavy atom. The highest BCUT2D eigenvalue weighted by molar-refractivity contribution is 5.95. The number of hydrogen-bond acceptors (Lipinski definition) is 4. The molecule has 0 unspecified atom stereocenters. The summed E-state index contributed by atoms with van der Waals surface area (Å²) in [4.78, 5) is 30.5. The fourth-order valence-electron chi connectivity index (χ4n) is 3.49. The minimum Gasteiger partial charge on any atom is -0.381 e. The lowest BCUT2D eigenvalue weighted by molar-refractivity contribution is -0.135. The van der Waals surface area contributed by atoms with Gasteiger partial charge in [-0.25, -0.2) is 0 Å². The third-order valence-corrected chi connectivity index (χ3v) is 4.93. The molecule has 0 aliphatic carbocycles. The van der Waals surface area contributed by atoms with E-state index in [-0.39, 0.29) is 17.7 Å². The predicted octanol–water partition coefficient (Wildman–Crippen LogP) is 0.608. The molecule has 2 atom stereocenters. The zero-order chi connectivity index (χ0) is 15.7. The molecule has 118 valence electrons. The van der Waals surface area contributed by atoms with Crippen LogP contribution in [0.5, 0.6) is 0 Å². The van der Waals surface area contributed by atoms with E-state index in [1.165, 1.54) is 0 Å². The quantitative estimate of drug-likeness (QED) is 0.886. The first-order chi connectivity index (χ1) is 10.6. The number of likely N-dealkylation sites (tertiary alicyclic amines) is 1. The molecule has 6 nitrogen and oxygen atoms in total. The van der Waals surface area contributed by atoms with E-state index in [0.29, 0.717) is 38.3 Å². The van der Waals surface area contributed by atoms with Gasteiger partial charge in [-0.1, -0.05) is 6.92 Å². The third-order valence-electron chi connectivity index (χ3n) is 4.93. The third kappa shape index (κ3) is 2.37. The summed E-state index contributed by atoms with van der Waals surface area (Å²) < 4.78 is 5.47. The number of rotatable bonds is 3. The molecule has 6 heteroatoms. The molecule has 2 amide bonds. The number of aromatic nitrogens is 1. The smallest absolute Gasteiger partial charge is 0.255 e. The number of carbonyl (C=O) groups excluding carboxylic acids is 2. The maximum atomic E-state index is 12.7. The lowest BCUT2D eigenvalue weighted by Crippen LogP contribution is -2.48. The second-order valence-electron chi connectivity index (χ2n) is 6.16. The molecule has 0 bridgehead atoms. The van der Waals surface area contributed by atoms with Crippen molar-refractivity contribution in [3.05, 3.63) is 29.6 Å². The minimum atomic E-state index is -0.635. The largest absolute Gasteiger partial charge is 0.381 e. The van der Waals surface area contributed by atoms with E-state index in [9.17, 15) is 9.59 Å². The summed E-state index contributed by atoms with van der Waals surface area (Å²) in [7, 11) is 0. The van der Waals surface area contributed by atoms with Crippen molar-refractivity contribution in [3.8, 4) is 0 Å². The Bertz CT molecular complexity index is 604. The number of carbonyl (C=O) groups is 2. The molecule has 3 heterocycles. The van der Waals surface area contributed by atoms with Gasteiger partial charge in [-0.2, -0.15) is 0 Å². The first-order valence-corrected chi connectivity index (χ1v) is 7.67. The molecule has 0 saturated carbocycles. The monoisotopic (exact) mass is 303 g/mol. The summed E-state index contributed by atoms with van der Waals surface area (Å²) in [6.45, 7) is 3.92. The number of hydrogen-bond donors (Lipinski definition) is 1. The Kier molecular flexibility index (Phi) is 3.87. The highest BCUT2D eigenvalue weighted by Crippen LogP contribution is 2.42. The highest BCUT2D eigenvalue weighted by Gasteiger charge is 2.53. The maximum Gasteiger partial charge on any atom is 0.255 e. The van der Waals surface area contributed by atoms with Crippen LogP contribution in [0.25, 0.3) is 0 Å². The van der Waals surface area contributed by atoms with Crippen molar-refractivity contribution in [3.63, 3.8) is 0 Å². The summed E-state index contributed by atoms with van der Waals surface area (Å²) in [6, 6.07) is 1.87. The first kappa shape index (κ1) is 15.0. The number of primary amides is 1. The zero-order valence-electron chi connectivity index (χ0n) is 12.7. The Labute approximate surface area is 129 Å². The molecular weight excluding hydrogens is 282 g/mol. The van der Waals surface area contributed by atoms with E-state index in [4.69, 9.17) is 10.5 Å². The Balaban J connectivity index is 1.84. The van der Waals surface area contributed by atoms with Gasteiger partial charge in [-0.15, -0.1) is 0 Å². The van der Waals surface area contributed by atoms with Crippen molar-refractivity contribution >= 4 is 11.8 Å². The SMILES string of the molecule is CCc1cncc(C(=O)N2C[C@@H]3COCC[C@]3(C(N)=O)C2)c1. The Morgan fingerprint density at radius 2 is 2.32 bits per heavy atom. The molecule has 0 aromatic carbocycles. The number of nitrogens with two attached hydrogens (primary N) is 1. The molecule has 1 aromatic heterocycles. The number of amides is 2. The van der Waals surface area contributed by atoms with Gasteiger partial charge < -0.3 is 15.4 Å². The summed E-state index contributed by atoms with van der Waals surface area (Å²) >= 11 is 0.